The van der Waals surface area contributed by atoms with Gasteiger partial charge in [0.25, 0.3) is 10.0 Å². The molecule has 1 N–H and O–H groups in total. The quantitative estimate of drug-likeness (QED) is 0.944. The number of aliphatic hydroxyl groups excluding tert-OH is 1. The summed E-state index contributed by atoms with van der Waals surface area (Å²) in [6.45, 7) is 3.56. The molecule has 2 rings (SSSR count). The molecule has 0 saturated carbocycles. The maximum atomic E-state index is 12.6. The molecule has 108 valence electrons. The van der Waals surface area contributed by atoms with Crippen molar-refractivity contribution in [2.24, 2.45) is 0 Å². The van der Waals surface area contributed by atoms with E-state index in [2.05, 4.69) is 0 Å². The summed E-state index contributed by atoms with van der Waals surface area (Å²) in [6.07, 6.45) is 0. The van der Waals surface area contributed by atoms with Crippen molar-refractivity contribution < 1.29 is 13.5 Å². The molecular weight excluding hydrogens is 294 g/mol. The lowest BCUT2D eigenvalue weighted by Crippen LogP contribution is -2.26. The van der Waals surface area contributed by atoms with Crippen molar-refractivity contribution in [2.75, 3.05) is 11.4 Å². The minimum Gasteiger partial charge on any atom is -0.391 e. The Kier molecular flexibility index (Phi) is 4.17. The number of anilines is 1. The molecule has 1 aromatic heterocycles. The Hall–Kier alpha value is -1.37. The largest absolute Gasteiger partial charge is 0.391 e. The van der Waals surface area contributed by atoms with Gasteiger partial charge in [-0.25, -0.2) is 8.42 Å². The SMILES string of the molecule is Cc1ccc(N(C)S(=O)(=O)c2cc(CO)sc2C)cc1. The molecule has 4 nitrogen and oxygen atoms in total. The lowest BCUT2D eigenvalue weighted by Gasteiger charge is -2.19. The van der Waals surface area contributed by atoms with Crippen molar-refractivity contribution in [3.8, 4) is 0 Å². The minimum atomic E-state index is -3.59. The Bertz CT molecular complexity index is 703. The van der Waals surface area contributed by atoms with Crippen LogP contribution < -0.4 is 4.31 Å². The first-order valence-electron chi connectivity index (χ1n) is 6.12. The Morgan fingerprint density at radius 2 is 1.80 bits per heavy atom. The van der Waals surface area contributed by atoms with Gasteiger partial charge in [0.1, 0.15) is 4.90 Å². The van der Waals surface area contributed by atoms with E-state index < -0.39 is 10.0 Å². The summed E-state index contributed by atoms with van der Waals surface area (Å²) in [7, 11) is -2.05. The number of hydrogen-bond acceptors (Lipinski definition) is 4. The van der Waals surface area contributed by atoms with E-state index in [4.69, 9.17) is 5.11 Å². The van der Waals surface area contributed by atoms with Gasteiger partial charge in [0, 0.05) is 16.8 Å². The molecule has 0 bridgehead atoms. The third kappa shape index (κ3) is 2.72. The maximum Gasteiger partial charge on any atom is 0.265 e. The maximum absolute atomic E-state index is 12.6. The fraction of sp³-hybridized carbons (Fsp3) is 0.286. The van der Waals surface area contributed by atoms with Crippen LogP contribution in [0.3, 0.4) is 0 Å². The third-order valence-corrected chi connectivity index (χ3v) is 6.19. The summed E-state index contributed by atoms with van der Waals surface area (Å²) >= 11 is 1.30. The minimum absolute atomic E-state index is 0.144. The molecule has 0 aliphatic carbocycles. The summed E-state index contributed by atoms with van der Waals surface area (Å²) in [5.41, 5.74) is 1.69. The van der Waals surface area contributed by atoms with Crippen LogP contribution >= 0.6 is 11.3 Å². The molecule has 1 aromatic carbocycles. The van der Waals surface area contributed by atoms with Crippen molar-refractivity contribution in [1.29, 1.82) is 0 Å². The number of hydrogen-bond donors (Lipinski definition) is 1. The normalized spacial score (nSPS) is 11.6. The molecule has 0 aliphatic heterocycles. The summed E-state index contributed by atoms with van der Waals surface area (Å²) < 4.78 is 26.5. The fourth-order valence-corrected chi connectivity index (χ4v) is 4.56. The van der Waals surface area contributed by atoms with Gasteiger partial charge in [-0.3, -0.25) is 4.31 Å². The second-order valence-corrected chi connectivity index (χ2v) is 7.88. The van der Waals surface area contributed by atoms with Gasteiger partial charge >= 0.3 is 0 Å². The van der Waals surface area contributed by atoms with Gasteiger partial charge in [-0.15, -0.1) is 11.3 Å². The van der Waals surface area contributed by atoms with E-state index in [1.807, 2.05) is 19.1 Å². The molecule has 0 radical (unpaired) electrons. The predicted octanol–water partition coefficient (Wildman–Crippen LogP) is 2.68. The topological polar surface area (TPSA) is 57.6 Å². The summed E-state index contributed by atoms with van der Waals surface area (Å²) in [6, 6.07) is 8.85. The smallest absolute Gasteiger partial charge is 0.265 e. The van der Waals surface area contributed by atoms with Crippen LogP contribution in [0.25, 0.3) is 0 Å². The van der Waals surface area contributed by atoms with Crippen LogP contribution in [0.4, 0.5) is 5.69 Å². The zero-order chi connectivity index (χ0) is 14.9. The first-order valence-corrected chi connectivity index (χ1v) is 8.37. The number of benzene rings is 1. The van der Waals surface area contributed by atoms with E-state index in [0.717, 1.165) is 5.56 Å². The number of nitrogens with zero attached hydrogens (tertiary/aromatic N) is 1. The van der Waals surface area contributed by atoms with Crippen LogP contribution in [0, 0.1) is 13.8 Å². The van der Waals surface area contributed by atoms with Gasteiger partial charge in [-0.2, -0.15) is 0 Å². The van der Waals surface area contributed by atoms with E-state index in [9.17, 15) is 8.42 Å². The van der Waals surface area contributed by atoms with Crippen LogP contribution in [0.5, 0.6) is 0 Å². The lowest BCUT2D eigenvalue weighted by atomic mass is 10.2. The van der Waals surface area contributed by atoms with E-state index in [-0.39, 0.29) is 11.5 Å². The number of aliphatic hydroxyl groups is 1. The zero-order valence-electron chi connectivity index (χ0n) is 11.6. The van der Waals surface area contributed by atoms with Gasteiger partial charge in [0.15, 0.2) is 0 Å². The lowest BCUT2D eigenvalue weighted by molar-refractivity contribution is 0.285. The number of aryl methyl sites for hydroxylation is 2. The van der Waals surface area contributed by atoms with Gasteiger partial charge in [0.05, 0.1) is 12.3 Å². The van der Waals surface area contributed by atoms with Crippen molar-refractivity contribution in [3.63, 3.8) is 0 Å². The van der Waals surface area contributed by atoms with Gasteiger partial charge in [-0.1, -0.05) is 17.7 Å². The fourth-order valence-electron chi connectivity index (χ4n) is 1.90. The van der Waals surface area contributed by atoms with Gasteiger partial charge in [0.2, 0.25) is 0 Å². The molecule has 0 atom stereocenters. The molecule has 0 amide bonds. The van der Waals surface area contributed by atoms with Crippen molar-refractivity contribution in [1.82, 2.24) is 0 Å². The third-order valence-electron chi connectivity index (χ3n) is 3.12. The van der Waals surface area contributed by atoms with Crippen LogP contribution in [0.2, 0.25) is 0 Å². The van der Waals surface area contributed by atoms with E-state index in [0.29, 0.717) is 15.4 Å². The average molecular weight is 311 g/mol. The summed E-state index contributed by atoms with van der Waals surface area (Å²) in [4.78, 5) is 1.60. The first-order chi connectivity index (χ1) is 9.36. The monoisotopic (exact) mass is 311 g/mol. The highest BCUT2D eigenvalue weighted by atomic mass is 32.2. The Balaban J connectivity index is 2.43. The Morgan fingerprint density at radius 1 is 1.20 bits per heavy atom. The van der Waals surface area contributed by atoms with Crippen molar-refractivity contribution in [3.05, 3.63) is 45.6 Å². The predicted molar refractivity (Wildman–Crippen MR) is 81.7 cm³/mol. The molecule has 0 unspecified atom stereocenters. The molecule has 0 saturated heterocycles. The summed E-state index contributed by atoms with van der Waals surface area (Å²) in [5, 5.41) is 9.13. The number of rotatable bonds is 4. The van der Waals surface area contributed by atoms with Crippen molar-refractivity contribution >= 4 is 27.0 Å². The highest BCUT2D eigenvalue weighted by molar-refractivity contribution is 7.93. The molecule has 0 fully saturated rings. The van der Waals surface area contributed by atoms with Crippen LogP contribution in [-0.4, -0.2) is 20.6 Å². The Labute approximate surface area is 123 Å². The molecule has 6 heteroatoms. The van der Waals surface area contributed by atoms with Crippen LogP contribution in [0.1, 0.15) is 15.3 Å². The Morgan fingerprint density at radius 3 is 2.30 bits per heavy atom. The molecular formula is C14H17NO3S2. The molecule has 2 aromatic rings. The molecule has 0 aliphatic rings. The number of sulfonamides is 1. The van der Waals surface area contributed by atoms with Crippen LogP contribution in [-0.2, 0) is 16.6 Å². The van der Waals surface area contributed by atoms with Gasteiger partial charge in [-0.05, 0) is 32.0 Å². The second kappa shape index (κ2) is 5.55. The summed E-state index contributed by atoms with van der Waals surface area (Å²) in [5.74, 6) is 0. The van der Waals surface area contributed by atoms with Crippen molar-refractivity contribution in [2.45, 2.75) is 25.3 Å². The zero-order valence-corrected chi connectivity index (χ0v) is 13.3. The van der Waals surface area contributed by atoms with E-state index in [1.54, 1.807) is 25.1 Å². The molecule has 20 heavy (non-hydrogen) atoms. The first kappa shape index (κ1) is 15.0. The highest BCUT2D eigenvalue weighted by Gasteiger charge is 2.25. The van der Waals surface area contributed by atoms with E-state index >= 15 is 0 Å². The molecule has 1 heterocycles. The standard InChI is InChI=1S/C14H17NO3S2/c1-10-4-6-12(7-5-10)15(3)20(17,18)14-8-13(9-16)19-11(14)2/h4-8,16H,9H2,1-3H3. The number of thiophene rings is 1. The molecule has 0 spiro atoms. The van der Waals surface area contributed by atoms with E-state index in [1.165, 1.54) is 22.7 Å². The highest BCUT2D eigenvalue weighted by Crippen LogP contribution is 2.30. The van der Waals surface area contributed by atoms with Crippen LogP contribution in [0.15, 0.2) is 35.2 Å². The van der Waals surface area contributed by atoms with Gasteiger partial charge < -0.3 is 5.11 Å². The average Bonchev–Trinajstić information content (AvgIpc) is 2.81. The second-order valence-electron chi connectivity index (χ2n) is 4.60.